The molecule has 2 rings (SSSR count). The maximum atomic E-state index is 13.9. The Kier molecular flexibility index (Phi) is 4.53. The Morgan fingerprint density at radius 2 is 1.94 bits per heavy atom. The number of alkyl halides is 1. The second-order valence-electron chi connectivity index (χ2n) is 3.28. The van der Waals surface area contributed by atoms with Gasteiger partial charge >= 0.3 is 0 Å². The molecule has 0 saturated carbocycles. The molecule has 0 saturated heterocycles. The van der Waals surface area contributed by atoms with E-state index in [1.807, 2.05) is 6.07 Å². The summed E-state index contributed by atoms with van der Waals surface area (Å²) >= 11 is 20.0. The molecule has 1 heterocycles. The normalized spacial score (nSPS) is 12.8. The quantitative estimate of drug-likeness (QED) is 0.495. The second kappa shape index (κ2) is 5.57. The van der Waals surface area contributed by atoms with Crippen molar-refractivity contribution < 1.29 is 4.39 Å². The first-order valence-electron chi connectivity index (χ1n) is 4.53. The molecule has 0 bridgehead atoms. The largest absolute Gasteiger partial charge is 0.205 e. The van der Waals surface area contributed by atoms with Gasteiger partial charge in [-0.15, -0.1) is 22.9 Å². The maximum Gasteiger partial charge on any atom is 0.142 e. The molecule has 0 aliphatic carbocycles. The van der Waals surface area contributed by atoms with Gasteiger partial charge in [0, 0.05) is 14.9 Å². The zero-order valence-corrected chi connectivity index (χ0v) is 13.7. The first-order chi connectivity index (χ1) is 8.00. The van der Waals surface area contributed by atoms with Gasteiger partial charge in [0.1, 0.15) is 10.2 Å². The monoisotopic (exact) mass is 416 g/mol. The van der Waals surface area contributed by atoms with Crippen LogP contribution < -0.4 is 0 Å². The minimum absolute atomic E-state index is 0.340. The minimum Gasteiger partial charge on any atom is -0.205 e. The molecule has 2 aromatic rings. The molecule has 1 aromatic heterocycles. The fourth-order valence-electron chi connectivity index (χ4n) is 1.36. The van der Waals surface area contributed by atoms with Gasteiger partial charge in [-0.3, -0.25) is 0 Å². The predicted molar refractivity (Wildman–Crippen MR) is 78.8 cm³/mol. The highest BCUT2D eigenvalue weighted by Crippen LogP contribution is 2.41. The summed E-state index contributed by atoms with van der Waals surface area (Å²) in [5, 5.41) is -0.540. The van der Waals surface area contributed by atoms with Gasteiger partial charge in [-0.25, -0.2) is 4.39 Å². The van der Waals surface area contributed by atoms with Gasteiger partial charge in [0.05, 0.1) is 9.85 Å². The Morgan fingerprint density at radius 1 is 1.24 bits per heavy atom. The fourth-order valence-corrected chi connectivity index (χ4v) is 3.84. The van der Waals surface area contributed by atoms with E-state index in [2.05, 4.69) is 31.9 Å². The van der Waals surface area contributed by atoms with Gasteiger partial charge in [-0.2, -0.15) is 0 Å². The van der Waals surface area contributed by atoms with Gasteiger partial charge in [-0.1, -0.05) is 23.7 Å². The Bertz CT molecular complexity index is 537. The van der Waals surface area contributed by atoms with Crippen molar-refractivity contribution in [3.8, 4) is 0 Å². The standard InChI is InChI=1S/C11H5Br2Cl2FS/c12-6-3-1-2-5(10(6)16)9(14)8-4-7(13)11(15)17-8/h1-4,9H. The summed E-state index contributed by atoms with van der Waals surface area (Å²) in [5.74, 6) is -0.340. The van der Waals surface area contributed by atoms with Crippen molar-refractivity contribution in [2.24, 2.45) is 0 Å². The molecular formula is C11H5Br2Cl2FS. The first kappa shape index (κ1) is 13.8. The van der Waals surface area contributed by atoms with Crippen LogP contribution in [0.1, 0.15) is 15.8 Å². The smallest absolute Gasteiger partial charge is 0.142 e. The lowest BCUT2D eigenvalue weighted by Gasteiger charge is -2.09. The lowest BCUT2D eigenvalue weighted by atomic mass is 10.1. The van der Waals surface area contributed by atoms with Crippen LogP contribution in [0.4, 0.5) is 4.39 Å². The fraction of sp³-hybridized carbons (Fsp3) is 0.0909. The van der Waals surface area contributed by atoms with E-state index in [0.29, 0.717) is 14.4 Å². The van der Waals surface area contributed by atoms with Crippen molar-refractivity contribution in [2.45, 2.75) is 5.38 Å². The molecule has 0 spiro atoms. The summed E-state index contributed by atoms with van der Waals surface area (Å²) in [4.78, 5) is 0.806. The van der Waals surface area contributed by atoms with Crippen LogP contribution in [0.5, 0.6) is 0 Å². The average Bonchev–Trinajstić information content (AvgIpc) is 2.62. The van der Waals surface area contributed by atoms with Gasteiger partial charge in [0.15, 0.2) is 0 Å². The molecule has 1 atom stereocenters. The molecule has 90 valence electrons. The SMILES string of the molecule is Fc1c(Br)cccc1C(Cl)c1cc(Br)c(Cl)s1. The van der Waals surface area contributed by atoms with E-state index in [9.17, 15) is 4.39 Å². The molecule has 17 heavy (non-hydrogen) atoms. The summed E-state index contributed by atoms with van der Waals surface area (Å²) in [6.45, 7) is 0. The molecule has 0 fully saturated rings. The summed E-state index contributed by atoms with van der Waals surface area (Å²) in [7, 11) is 0. The van der Waals surface area contributed by atoms with E-state index in [4.69, 9.17) is 23.2 Å². The van der Waals surface area contributed by atoms with Crippen LogP contribution in [0, 0.1) is 5.82 Å². The zero-order chi connectivity index (χ0) is 12.6. The van der Waals surface area contributed by atoms with E-state index in [0.717, 1.165) is 9.35 Å². The molecule has 1 unspecified atom stereocenters. The van der Waals surface area contributed by atoms with Crippen LogP contribution in [-0.2, 0) is 0 Å². The van der Waals surface area contributed by atoms with E-state index in [1.54, 1.807) is 18.2 Å². The van der Waals surface area contributed by atoms with Crippen LogP contribution in [-0.4, -0.2) is 0 Å². The lowest BCUT2D eigenvalue weighted by Crippen LogP contribution is -1.95. The Labute approximate surface area is 129 Å². The topological polar surface area (TPSA) is 0 Å². The van der Waals surface area contributed by atoms with E-state index >= 15 is 0 Å². The Hall–Kier alpha value is 0.390. The molecule has 0 nitrogen and oxygen atoms in total. The van der Waals surface area contributed by atoms with E-state index < -0.39 is 5.38 Å². The number of hydrogen-bond acceptors (Lipinski definition) is 1. The summed E-state index contributed by atoms with van der Waals surface area (Å²) < 4.78 is 15.7. The highest BCUT2D eigenvalue weighted by molar-refractivity contribution is 9.10. The maximum absolute atomic E-state index is 13.9. The molecule has 6 heteroatoms. The van der Waals surface area contributed by atoms with Crippen molar-refractivity contribution in [3.63, 3.8) is 0 Å². The summed E-state index contributed by atoms with van der Waals surface area (Å²) in [6.07, 6.45) is 0. The zero-order valence-electron chi connectivity index (χ0n) is 8.18. The number of halogens is 5. The minimum atomic E-state index is -0.540. The Balaban J connectivity index is 2.43. The average molecular weight is 419 g/mol. The van der Waals surface area contributed by atoms with E-state index in [-0.39, 0.29) is 5.82 Å². The highest BCUT2D eigenvalue weighted by atomic mass is 79.9. The first-order valence-corrected chi connectivity index (χ1v) is 7.75. The van der Waals surface area contributed by atoms with Crippen molar-refractivity contribution >= 4 is 66.4 Å². The summed E-state index contributed by atoms with van der Waals surface area (Å²) in [6, 6.07) is 6.87. The lowest BCUT2D eigenvalue weighted by molar-refractivity contribution is 0.606. The molecular weight excluding hydrogens is 414 g/mol. The molecule has 0 N–H and O–H groups in total. The molecule has 0 aliphatic heterocycles. The summed E-state index contributed by atoms with van der Waals surface area (Å²) in [5.41, 5.74) is 0.437. The molecule has 0 amide bonds. The Morgan fingerprint density at radius 3 is 2.53 bits per heavy atom. The number of rotatable bonds is 2. The molecule has 0 aliphatic rings. The van der Waals surface area contributed by atoms with Crippen LogP contribution in [0.15, 0.2) is 33.2 Å². The van der Waals surface area contributed by atoms with Gasteiger partial charge in [-0.05, 0) is 44.0 Å². The van der Waals surface area contributed by atoms with Crippen LogP contribution in [0.25, 0.3) is 0 Å². The number of thiophene rings is 1. The molecule has 1 aromatic carbocycles. The van der Waals surface area contributed by atoms with Crippen molar-refractivity contribution in [2.75, 3.05) is 0 Å². The van der Waals surface area contributed by atoms with Crippen molar-refractivity contribution in [1.82, 2.24) is 0 Å². The van der Waals surface area contributed by atoms with Crippen molar-refractivity contribution in [3.05, 3.63) is 53.8 Å². The predicted octanol–water partition coefficient (Wildman–Crippen LogP) is 6.39. The second-order valence-corrected chi connectivity index (χ2v) is 7.11. The van der Waals surface area contributed by atoms with Crippen LogP contribution in [0.3, 0.4) is 0 Å². The van der Waals surface area contributed by atoms with Gasteiger partial charge < -0.3 is 0 Å². The van der Waals surface area contributed by atoms with Crippen LogP contribution in [0.2, 0.25) is 4.34 Å². The third kappa shape index (κ3) is 2.87. The van der Waals surface area contributed by atoms with E-state index in [1.165, 1.54) is 11.3 Å². The van der Waals surface area contributed by atoms with Gasteiger partial charge in [0.2, 0.25) is 0 Å². The van der Waals surface area contributed by atoms with Crippen LogP contribution >= 0.6 is 66.4 Å². The third-order valence-corrected chi connectivity index (χ3v) is 5.92. The highest BCUT2D eigenvalue weighted by Gasteiger charge is 2.19. The number of hydrogen-bond donors (Lipinski definition) is 0. The molecule has 0 radical (unpaired) electrons. The third-order valence-electron chi connectivity index (χ3n) is 2.17. The van der Waals surface area contributed by atoms with Crippen molar-refractivity contribution in [1.29, 1.82) is 0 Å². The number of benzene rings is 1. The van der Waals surface area contributed by atoms with Gasteiger partial charge in [0.25, 0.3) is 0 Å².